The molecule has 2 aromatic rings. The topological polar surface area (TPSA) is 55.2 Å². The Morgan fingerprint density at radius 1 is 1.33 bits per heavy atom. The molecule has 24 heavy (non-hydrogen) atoms. The van der Waals surface area contributed by atoms with Crippen LogP contribution >= 0.6 is 0 Å². The Balaban J connectivity index is 1.73. The van der Waals surface area contributed by atoms with Crippen LogP contribution in [0.4, 0.5) is 5.82 Å². The average molecular weight is 329 g/mol. The smallest absolute Gasteiger partial charge is 0.126 e. The number of rotatable bonds is 5. The standard InChI is InChI=1S/C18H27N5O/c1-5-23-14(3)15(13(2)21-23)11-22-9-10-24-17(12-22)16-7-6-8-18(19-4)20-16/h6-8,17H,5,9-12H2,1-4H3,(H,19,20). The van der Waals surface area contributed by atoms with E-state index in [1.165, 1.54) is 11.3 Å². The first kappa shape index (κ1) is 16.9. The van der Waals surface area contributed by atoms with Gasteiger partial charge in [0.15, 0.2) is 0 Å². The summed E-state index contributed by atoms with van der Waals surface area (Å²) in [7, 11) is 1.89. The Labute approximate surface area is 143 Å². The zero-order valence-electron chi connectivity index (χ0n) is 15.0. The monoisotopic (exact) mass is 329 g/mol. The lowest BCUT2D eigenvalue weighted by Crippen LogP contribution is -2.38. The highest BCUT2D eigenvalue weighted by Crippen LogP contribution is 2.24. The van der Waals surface area contributed by atoms with E-state index in [0.717, 1.165) is 50.0 Å². The molecule has 0 spiro atoms. The van der Waals surface area contributed by atoms with Crippen LogP contribution in [0.1, 0.15) is 35.7 Å². The van der Waals surface area contributed by atoms with E-state index in [0.29, 0.717) is 0 Å². The van der Waals surface area contributed by atoms with Gasteiger partial charge in [-0.05, 0) is 32.9 Å². The number of nitrogens with one attached hydrogen (secondary N) is 1. The van der Waals surface area contributed by atoms with E-state index in [1.807, 2.05) is 25.2 Å². The van der Waals surface area contributed by atoms with Crippen molar-refractivity contribution in [3.8, 4) is 0 Å². The Morgan fingerprint density at radius 2 is 2.17 bits per heavy atom. The quantitative estimate of drug-likeness (QED) is 0.913. The second kappa shape index (κ2) is 7.32. The van der Waals surface area contributed by atoms with Gasteiger partial charge < -0.3 is 10.1 Å². The molecule has 0 bridgehead atoms. The van der Waals surface area contributed by atoms with Crippen LogP contribution in [-0.2, 0) is 17.8 Å². The Hall–Kier alpha value is -1.92. The molecule has 0 saturated carbocycles. The summed E-state index contributed by atoms with van der Waals surface area (Å²) in [6, 6.07) is 6.03. The van der Waals surface area contributed by atoms with Crippen LogP contribution in [0, 0.1) is 13.8 Å². The summed E-state index contributed by atoms with van der Waals surface area (Å²) >= 11 is 0. The summed E-state index contributed by atoms with van der Waals surface area (Å²) in [5.41, 5.74) is 4.74. The zero-order chi connectivity index (χ0) is 17.1. The van der Waals surface area contributed by atoms with Gasteiger partial charge in [0.25, 0.3) is 0 Å². The molecule has 0 aliphatic carbocycles. The van der Waals surface area contributed by atoms with E-state index in [-0.39, 0.29) is 6.10 Å². The third kappa shape index (κ3) is 3.44. The summed E-state index contributed by atoms with van der Waals surface area (Å²) in [6.07, 6.45) is 0.0221. The second-order valence-corrected chi connectivity index (χ2v) is 6.26. The Bertz CT molecular complexity index is 697. The van der Waals surface area contributed by atoms with E-state index in [2.05, 4.69) is 45.8 Å². The van der Waals surface area contributed by atoms with Crippen LogP contribution in [-0.4, -0.2) is 46.4 Å². The van der Waals surface area contributed by atoms with Gasteiger partial charge in [0.1, 0.15) is 11.9 Å². The van der Waals surface area contributed by atoms with E-state index in [4.69, 9.17) is 4.74 Å². The number of aryl methyl sites for hydroxylation is 2. The molecule has 1 saturated heterocycles. The first-order valence-electron chi connectivity index (χ1n) is 8.64. The van der Waals surface area contributed by atoms with Gasteiger partial charge >= 0.3 is 0 Å². The van der Waals surface area contributed by atoms with Crippen molar-refractivity contribution < 1.29 is 4.74 Å². The molecule has 0 radical (unpaired) electrons. The number of morpholine rings is 1. The van der Waals surface area contributed by atoms with Crippen molar-refractivity contribution in [3.63, 3.8) is 0 Å². The fraction of sp³-hybridized carbons (Fsp3) is 0.556. The largest absolute Gasteiger partial charge is 0.373 e. The lowest BCUT2D eigenvalue weighted by atomic mass is 10.1. The lowest BCUT2D eigenvalue weighted by Gasteiger charge is -2.32. The number of nitrogens with zero attached hydrogens (tertiary/aromatic N) is 4. The van der Waals surface area contributed by atoms with E-state index < -0.39 is 0 Å². The van der Waals surface area contributed by atoms with Gasteiger partial charge in [0, 0.05) is 44.5 Å². The number of pyridine rings is 1. The molecule has 1 atom stereocenters. The molecule has 6 nitrogen and oxygen atoms in total. The third-order valence-electron chi connectivity index (χ3n) is 4.72. The normalized spacial score (nSPS) is 18.8. The number of aromatic nitrogens is 3. The Kier molecular flexibility index (Phi) is 5.16. The molecule has 2 aromatic heterocycles. The average Bonchev–Trinajstić information content (AvgIpc) is 2.89. The van der Waals surface area contributed by atoms with Crippen LogP contribution < -0.4 is 5.32 Å². The molecule has 130 valence electrons. The molecule has 1 fully saturated rings. The summed E-state index contributed by atoms with van der Waals surface area (Å²) in [4.78, 5) is 7.07. The van der Waals surface area contributed by atoms with Crippen LogP contribution in [0.5, 0.6) is 0 Å². The van der Waals surface area contributed by atoms with Gasteiger partial charge in [-0.15, -0.1) is 0 Å². The van der Waals surface area contributed by atoms with Crippen LogP contribution in [0.15, 0.2) is 18.2 Å². The van der Waals surface area contributed by atoms with E-state index >= 15 is 0 Å². The number of hydrogen-bond acceptors (Lipinski definition) is 5. The van der Waals surface area contributed by atoms with Gasteiger partial charge in [0.2, 0.25) is 0 Å². The molecule has 1 aliphatic rings. The molecule has 0 aromatic carbocycles. The van der Waals surface area contributed by atoms with Gasteiger partial charge in [-0.2, -0.15) is 5.10 Å². The molecule has 6 heteroatoms. The van der Waals surface area contributed by atoms with Crippen molar-refractivity contribution in [2.45, 2.75) is 40.0 Å². The lowest BCUT2D eigenvalue weighted by molar-refractivity contribution is -0.0350. The first-order chi connectivity index (χ1) is 11.6. The van der Waals surface area contributed by atoms with E-state index in [1.54, 1.807) is 0 Å². The highest BCUT2D eigenvalue weighted by molar-refractivity contribution is 5.35. The first-order valence-corrected chi connectivity index (χ1v) is 8.64. The van der Waals surface area contributed by atoms with Crippen LogP contribution in [0.3, 0.4) is 0 Å². The fourth-order valence-electron chi connectivity index (χ4n) is 3.29. The maximum atomic E-state index is 5.97. The predicted octanol–water partition coefficient (Wildman–Crippen LogP) is 2.53. The maximum Gasteiger partial charge on any atom is 0.126 e. The minimum absolute atomic E-state index is 0.0221. The van der Waals surface area contributed by atoms with Crippen molar-refractivity contribution >= 4 is 5.82 Å². The summed E-state index contributed by atoms with van der Waals surface area (Å²) in [5, 5.41) is 7.72. The molecule has 1 N–H and O–H groups in total. The molecule has 1 unspecified atom stereocenters. The molecular weight excluding hydrogens is 302 g/mol. The van der Waals surface area contributed by atoms with Crippen LogP contribution in [0.25, 0.3) is 0 Å². The summed E-state index contributed by atoms with van der Waals surface area (Å²) in [6.45, 7) is 10.8. The fourth-order valence-corrected chi connectivity index (χ4v) is 3.29. The van der Waals surface area contributed by atoms with Gasteiger partial charge in [-0.3, -0.25) is 9.58 Å². The molecule has 3 rings (SSSR count). The Morgan fingerprint density at radius 3 is 2.88 bits per heavy atom. The second-order valence-electron chi connectivity index (χ2n) is 6.26. The minimum atomic E-state index is 0.0221. The van der Waals surface area contributed by atoms with Gasteiger partial charge in [0.05, 0.1) is 18.0 Å². The van der Waals surface area contributed by atoms with Crippen molar-refractivity contribution in [3.05, 3.63) is 40.8 Å². The van der Waals surface area contributed by atoms with Gasteiger partial charge in [-0.1, -0.05) is 6.07 Å². The third-order valence-corrected chi connectivity index (χ3v) is 4.72. The highest BCUT2D eigenvalue weighted by atomic mass is 16.5. The predicted molar refractivity (Wildman–Crippen MR) is 95.1 cm³/mol. The zero-order valence-corrected chi connectivity index (χ0v) is 15.0. The summed E-state index contributed by atoms with van der Waals surface area (Å²) < 4.78 is 8.05. The minimum Gasteiger partial charge on any atom is -0.373 e. The summed E-state index contributed by atoms with van der Waals surface area (Å²) in [5.74, 6) is 0.879. The highest BCUT2D eigenvalue weighted by Gasteiger charge is 2.25. The van der Waals surface area contributed by atoms with Gasteiger partial charge in [-0.25, -0.2) is 4.98 Å². The number of hydrogen-bond donors (Lipinski definition) is 1. The number of ether oxygens (including phenoxy) is 1. The van der Waals surface area contributed by atoms with Crippen molar-refractivity contribution in [1.82, 2.24) is 19.7 Å². The van der Waals surface area contributed by atoms with E-state index in [9.17, 15) is 0 Å². The number of anilines is 1. The van der Waals surface area contributed by atoms with Crippen LogP contribution in [0.2, 0.25) is 0 Å². The maximum absolute atomic E-state index is 5.97. The van der Waals surface area contributed by atoms with Crippen molar-refractivity contribution in [2.75, 3.05) is 32.1 Å². The molecule has 0 amide bonds. The van der Waals surface area contributed by atoms with Crippen molar-refractivity contribution in [2.24, 2.45) is 0 Å². The molecule has 3 heterocycles. The molecule has 1 aliphatic heterocycles. The molecular formula is C18H27N5O. The SMILES string of the molecule is CCn1nc(C)c(CN2CCOC(c3cccc(NC)n3)C2)c1C. The van der Waals surface area contributed by atoms with Crippen molar-refractivity contribution in [1.29, 1.82) is 0 Å².